The van der Waals surface area contributed by atoms with Crippen LogP contribution in [0.15, 0.2) is 71.9 Å². The Morgan fingerprint density at radius 3 is 2.26 bits per heavy atom. The molecular weight excluding hydrogens is 827 g/mol. The minimum atomic E-state index is -1.45. The number of aryl methyl sites for hydroxylation is 1. The van der Waals surface area contributed by atoms with Crippen molar-refractivity contribution in [1.82, 2.24) is 14.8 Å². The Kier molecular flexibility index (Phi) is 13.6. The number of benzene rings is 2. The number of aliphatic hydroxyl groups is 1. The molecule has 61 heavy (non-hydrogen) atoms. The van der Waals surface area contributed by atoms with E-state index in [1.807, 2.05) is 17.9 Å². The Labute approximate surface area is 361 Å². The molecule has 4 atom stereocenters. The van der Waals surface area contributed by atoms with Gasteiger partial charge in [-0.15, -0.1) is 0 Å². The Morgan fingerprint density at radius 1 is 0.934 bits per heavy atom. The molecule has 5 heterocycles. The fraction of sp³-hybridized carbons (Fsp3) is 0.442. The first-order chi connectivity index (χ1) is 29.4. The van der Waals surface area contributed by atoms with Gasteiger partial charge in [0.1, 0.15) is 17.8 Å². The summed E-state index contributed by atoms with van der Waals surface area (Å²) in [7, 11) is 5.67. The first kappa shape index (κ1) is 43.6. The number of nitro groups is 1. The highest BCUT2D eigenvalue weighted by Crippen LogP contribution is 2.43. The van der Waals surface area contributed by atoms with E-state index in [0.29, 0.717) is 54.5 Å². The van der Waals surface area contributed by atoms with Crippen molar-refractivity contribution in [2.75, 3.05) is 52.0 Å². The second kappa shape index (κ2) is 19.1. The van der Waals surface area contributed by atoms with Crippen molar-refractivity contribution < 1.29 is 48.1 Å². The molecule has 0 unspecified atom stereocenters. The van der Waals surface area contributed by atoms with Crippen LogP contribution in [0.3, 0.4) is 0 Å². The third-order valence-corrected chi connectivity index (χ3v) is 13.9. The molecule has 4 aliphatic heterocycles. The van der Waals surface area contributed by atoms with Crippen molar-refractivity contribution in [3.8, 4) is 23.0 Å². The molecule has 0 bridgehead atoms. The van der Waals surface area contributed by atoms with E-state index < -0.39 is 29.2 Å². The molecule has 3 amide bonds. The van der Waals surface area contributed by atoms with Gasteiger partial charge in [-0.05, 0) is 92.5 Å². The molecule has 1 aromatic heterocycles. The predicted molar refractivity (Wildman–Crippen MR) is 230 cm³/mol. The lowest BCUT2D eigenvalue weighted by Crippen LogP contribution is -2.51. The number of methoxy groups -OCH3 is 2. The van der Waals surface area contributed by atoms with Gasteiger partial charge in [-0.2, -0.15) is 0 Å². The van der Waals surface area contributed by atoms with Crippen LogP contribution in [0.25, 0.3) is 0 Å². The number of pyridine rings is 1. The van der Waals surface area contributed by atoms with E-state index in [2.05, 4.69) is 18.1 Å². The normalized spacial score (nSPS) is 19.9. The number of ether oxygens (including phenoxy) is 5. The second-order valence-electron chi connectivity index (χ2n) is 15.4. The molecule has 0 aliphatic carbocycles. The van der Waals surface area contributed by atoms with E-state index in [9.17, 15) is 29.6 Å². The number of carbonyl (C=O) groups excluding carboxylic acids is 3. The minimum absolute atomic E-state index is 0.00542. The van der Waals surface area contributed by atoms with Crippen molar-refractivity contribution >= 4 is 50.9 Å². The van der Waals surface area contributed by atoms with Gasteiger partial charge in [0.15, 0.2) is 29.2 Å². The van der Waals surface area contributed by atoms with Crippen molar-refractivity contribution in [2.24, 2.45) is 0 Å². The zero-order valence-electron chi connectivity index (χ0n) is 34.3. The number of amides is 3. The maximum absolute atomic E-state index is 14.0. The highest BCUT2D eigenvalue weighted by atomic mass is 33.1. The highest BCUT2D eigenvalue weighted by molar-refractivity contribution is 8.76. The molecule has 18 heteroatoms. The summed E-state index contributed by atoms with van der Waals surface area (Å²) >= 11 is 0. The van der Waals surface area contributed by atoms with Crippen LogP contribution < -0.4 is 23.8 Å². The summed E-state index contributed by atoms with van der Waals surface area (Å²) in [5, 5.41) is 23.0. The number of fused-ring (bicyclic) bond motifs is 4. The lowest BCUT2D eigenvalue weighted by atomic mass is 10.00. The summed E-state index contributed by atoms with van der Waals surface area (Å²) in [6.45, 7) is 11.4. The minimum Gasteiger partial charge on any atom is -0.493 e. The molecule has 0 radical (unpaired) electrons. The summed E-state index contributed by atoms with van der Waals surface area (Å²) in [5.41, 5.74) is 3.58. The molecule has 1 N–H and O–H groups in total. The second-order valence-corrected chi connectivity index (χ2v) is 18.1. The standard InChI is InChI=1S/C43H49N5O11S2/c1-25-15-29-10-9-28-17-37(35(55-4)18-31(28)40(49)45(29)22-25)57-13-7-6-8-14-58-38-20-33-32(19-36(38)56-5)41(50)46-23-26(2)16-34(46)42(51)47(33)43(52)59-24-27(3)60-61-39-12-11-30(21-44-39)48(53)54/h11-12,17-21,27,29,34,42,51H,1-2,6-10,13-16,22-24H2,3-5H3/t27-,29-,34+,42+/m1/s1. The van der Waals surface area contributed by atoms with Crippen molar-refractivity contribution in [3.63, 3.8) is 0 Å². The number of anilines is 1. The van der Waals surface area contributed by atoms with Gasteiger partial charge in [0, 0.05) is 42.1 Å². The van der Waals surface area contributed by atoms with Crippen LogP contribution in [-0.4, -0.2) is 113 Å². The third kappa shape index (κ3) is 9.55. The number of aliphatic hydroxyl groups excluding tert-OH is 1. The topological polar surface area (TPSA) is 183 Å². The molecule has 4 aliphatic rings. The first-order valence-electron chi connectivity index (χ1n) is 20.1. The van der Waals surface area contributed by atoms with Gasteiger partial charge in [-0.25, -0.2) is 14.7 Å². The van der Waals surface area contributed by atoms with E-state index in [1.54, 1.807) is 19.2 Å². The summed E-state index contributed by atoms with van der Waals surface area (Å²) in [5.74, 6) is 1.30. The zero-order valence-corrected chi connectivity index (χ0v) is 36.0. The van der Waals surface area contributed by atoms with Crippen LogP contribution in [0, 0.1) is 10.1 Å². The average Bonchev–Trinajstić information content (AvgIpc) is 3.79. The molecule has 0 saturated carbocycles. The number of aromatic nitrogens is 1. The zero-order chi connectivity index (χ0) is 43.4. The third-order valence-electron chi connectivity index (χ3n) is 11.1. The molecule has 2 aromatic carbocycles. The van der Waals surface area contributed by atoms with E-state index in [0.717, 1.165) is 47.3 Å². The van der Waals surface area contributed by atoms with Gasteiger partial charge in [0.2, 0.25) is 0 Å². The lowest BCUT2D eigenvalue weighted by Gasteiger charge is -2.31. The molecule has 0 spiro atoms. The number of hydrogen-bond donors (Lipinski definition) is 1. The fourth-order valence-corrected chi connectivity index (χ4v) is 9.86. The van der Waals surface area contributed by atoms with Gasteiger partial charge >= 0.3 is 6.09 Å². The highest BCUT2D eigenvalue weighted by Gasteiger charge is 2.46. The maximum atomic E-state index is 14.0. The van der Waals surface area contributed by atoms with E-state index in [4.69, 9.17) is 23.7 Å². The quantitative estimate of drug-likeness (QED) is 0.0500. The molecule has 16 nitrogen and oxygen atoms in total. The van der Waals surface area contributed by atoms with Gasteiger partial charge in [-0.3, -0.25) is 19.7 Å². The number of unbranched alkanes of at least 4 members (excludes halogenated alkanes) is 2. The first-order valence-corrected chi connectivity index (χ1v) is 22.3. The Balaban J connectivity index is 0.972. The summed E-state index contributed by atoms with van der Waals surface area (Å²) < 4.78 is 29.4. The summed E-state index contributed by atoms with van der Waals surface area (Å²) in [6, 6.07) is 9.10. The lowest BCUT2D eigenvalue weighted by molar-refractivity contribution is -0.385. The summed E-state index contributed by atoms with van der Waals surface area (Å²) in [4.78, 5) is 60.3. The van der Waals surface area contributed by atoms with Gasteiger partial charge in [0.25, 0.3) is 17.5 Å². The molecule has 324 valence electrons. The molecule has 7 rings (SSSR count). The van der Waals surface area contributed by atoms with Crippen LogP contribution in [0.1, 0.15) is 71.7 Å². The van der Waals surface area contributed by atoms with Crippen LogP contribution in [-0.2, 0) is 11.2 Å². The molecule has 2 fully saturated rings. The molecule has 2 saturated heterocycles. The van der Waals surface area contributed by atoms with Crippen molar-refractivity contribution in [2.45, 2.75) is 80.5 Å². The Morgan fingerprint density at radius 2 is 1.59 bits per heavy atom. The maximum Gasteiger partial charge on any atom is 0.416 e. The van der Waals surface area contributed by atoms with Crippen LogP contribution in [0.4, 0.5) is 16.2 Å². The van der Waals surface area contributed by atoms with E-state index in [1.165, 1.54) is 58.0 Å². The van der Waals surface area contributed by atoms with Gasteiger partial charge < -0.3 is 38.6 Å². The largest absolute Gasteiger partial charge is 0.493 e. The Bertz CT molecular complexity index is 2210. The van der Waals surface area contributed by atoms with Crippen molar-refractivity contribution in [1.29, 1.82) is 0 Å². The van der Waals surface area contributed by atoms with Crippen LogP contribution in [0.2, 0.25) is 0 Å². The summed E-state index contributed by atoms with van der Waals surface area (Å²) in [6.07, 6.45) is 3.77. The van der Waals surface area contributed by atoms with Gasteiger partial charge in [-0.1, -0.05) is 35.1 Å². The number of rotatable bonds is 16. The average molecular weight is 876 g/mol. The van der Waals surface area contributed by atoms with E-state index >= 15 is 0 Å². The van der Waals surface area contributed by atoms with Gasteiger partial charge in [0.05, 0.1) is 49.6 Å². The Hall–Kier alpha value is -5.46. The SMILES string of the molecule is C=C1C[C@H]2CCc3cc(OCCCCCOc4cc5c(cc4OC)C(=O)N4CC(=C)C[C@H]4[C@H](O)N5C(=O)OC[C@@H](C)SSc4ccc([N+](=O)[O-])cn4)c(OC)cc3C(=O)N2C1. The van der Waals surface area contributed by atoms with Crippen LogP contribution >= 0.6 is 21.6 Å². The monoisotopic (exact) mass is 875 g/mol. The smallest absolute Gasteiger partial charge is 0.416 e. The number of hydrogen-bond acceptors (Lipinski definition) is 14. The molecule has 3 aromatic rings. The fourth-order valence-electron chi connectivity index (χ4n) is 8.01. The molecular formula is C43H49N5O11S2. The van der Waals surface area contributed by atoms with E-state index in [-0.39, 0.29) is 65.4 Å². The van der Waals surface area contributed by atoms with Crippen molar-refractivity contribution in [3.05, 3.63) is 93.7 Å². The number of carbonyl (C=O) groups is 3. The number of nitrogens with zero attached hydrogens (tertiary/aromatic N) is 5. The predicted octanol–water partition coefficient (Wildman–Crippen LogP) is 7.23. The van der Waals surface area contributed by atoms with Crippen LogP contribution in [0.5, 0.6) is 23.0 Å².